The first-order valence-electron chi connectivity index (χ1n) is 42.3. The summed E-state index contributed by atoms with van der Waals surface area (Å²) in [7, 11) is 7.79. The number of hydrogen-bond donors (Lipinski definition) is 0. The highest BCUT2D eigenvalue weighted by molar-refractivity contribution is 9.10. The standard InChI is InChI=1S/C13H15N.C13H12.2C11H10.C10H9N.C8H6F4.C8H7N.C8H10O.C7H7Br.C7H7Cl.C7H7F.C7H7NO2.C5H8N2.13CH4/c1-10-6-4-8-12-11(10)7-5-9-13(12)14(2)3;1-11-7-9-13(10-8-11)12-5-3-2-4-6-12;1-9-5-4-7-10-6-2-3-8-11(9)10;1-9-6-7-10-4-2-3-5-11(10)8-9;1-8-4-2-5-9-6-3-7-11-10(8)9;1-3-4(2)6(10)8(12)7(11)5(3)9;2*1-7-3-5-8(9-2)6-4-7;3*1-6-2-4-7(8)5-3-6;1-6-2-4-7(5-3-6)8(9)10;1-5-3-7(2)4-6-5;;;;;;;;;;;;;/h4-9H,1-3H3;2-10H,1H3;2*2-8H,1H3;2-7H,1H3;1-2H3;3-6H,1H3;3-6H,1-2H3;3*2-5H,1H3;2-5H,1H3;3-4H,1-2H3;13*1H4. The number of pyridine rings is 1. The number of ether oxygens (including phenoxy) is 1. The number of nitro groups is 1. The van der Waals surface area contributed by atoms with Crippen LogP contribution in [0.2, 0.25) is 5.02 Å². The molecule has 9 nitrogen and oxygen atoms in total. The molecule has 0 aliphatic rings. The minimum absolute atomic E-state index is 0. The van der Waals surface area contributed by atoms with Crippen molar-refractivity contribution in [3.05, 3.63) is 509 Å². The van der Waals surface area contributed by atoms with Crippen molar-refractivity contribution in [2.24, 2.45) is 7.05 Å². The van der Waals surface area contributed by atoms with Crippen LogP contribution in [0.4, 0.5) is 39.0 Å². The molecule has 0 N–H and O–H groups in total. The van der Waals surface area contributed by atoms with Gasteiger partial charge in [-0.05, 0) is 223 Å². The summed E-state index contributed by atoms with van der Waals surface area (Å²) in [4.78, 5) is 23.4. The van der Waals surface area contributed by atoms with Crippen molar-refractivity contribution in [1.82, 2.24) is 14.5 Å². The molecule has 0 spiro atoms. The summed E-state index contributed by atoms with van der Waals surface area (Å²) in [5.41, 5.74) is 20.2. The molecule has 0 bridgehead atoms. The van der Waals surface area contributed by atoms with Crippen molar-refractivity contribution in [3.8, 4) is 16.9 Å². The molecule has 776 valence electrons. The first kappa shape index (κ1) is 145. The molecule has 0 saturated heterocycles. The van der Waals surface area contributed by atoms with Crippen molar-refractivity contribution in [3.63, 3.8) is 0 Å². The van der Waals surface area contributed by atoms with E-state index in [-0.39, 0.29) is 119 Å². The smallest absolute Gasteiger partial charge is 0.269 e. The number of anilines is 1. The largest absolute Gasteiger partial charge is 0.497 e. The zero-order valence-corrected chi connectivity index (χ0v) is 80.1. The van der Waals surface area contributed by atoms with Gasteiger partial charge in [0.2, 0.25) is 0 Å². The molecule has 0 aliphatic carbocycles. The Morgan fingerprint density at radius 2 is 0.743 bits per heavy atom. The molecule has 0 amide bonds. The molecule has 16 heteroatoms. The molecule has 0 unspecified atom stereocenters. The van der Waals surface area contributed by atoms with Gasteiger partial charge in [0.1, 0.15) is 11.6 Å². The molecule has 144 heavy (non-hydrogen) atoms. The first-order chi connectivity index (χ1) is 62.6. The monoisotopic (exact) mass is 2050 g/mol. The van der Waals surface area contributed by atoms with E-state index in [2.05, 4.69) is 304 Å². The van der Waals surface area contributed by atoms with E-state index in [0.717, 1.165) is 37.6 Å². The number of hydrogen-bond acceptors (Lipinski definition) is 6. The van der Waals surface area contributed by atoms with Crippen LogP contribution in [0.3, 0.4) is 0 Å². The highest BCUT2D eigenvalue weighted by atomic mass is 79.9. The SMILES string of the molecule is C.C.C.C.C.C.C.C.C.C.C.C.C.COc1ccc(C)cc1.Cc1c(C)c(F)c(F)c(F)c1F.Cc1ccc(-c2ccccc2)cc1.Cc1ccc(Br)cc1.Cc1ccc(Cl)cc1.Cc1ccc(F)cc1.Cc1ccc([N+](=O)[O-])cc1.Cc1ccc2ccccc2c1.Cc1cccc2c(N(C)C)cccc12.Cc1cccc2ccccc12.Cc1cccc2cccnc12.Cc1cn(C)cn1.[C-]#[N+]c1ccc(C)cc1. The minimum Gasteiger partial charge on any atom is -0.497 e. The molecule has 0 radical (unpaired) electrons. The highest BCUT2D eigenvalue weighted by Crippen LogP contribution is 2.29. The van der Waals surface area contributed by atoms with Crippen LogP contribution in [0.15, 0.2) is 375 Å². The number of methoxy groups -OCH3 is 1. The second-order valence-corrected chi connectivity index (χ2v) is 32.4. The highest BCUT2D eigenvalue weighted by Gasteiger charge is 2.20. The Hall–Kier alpha value is -14.2. The van der Waals surface area contributed by atoms with Crippen LogP contribution in [0.1, 0.15) is 175 Å². The normalized spacial score (nSPS) is 8.89. The van der Waals surface area contributed by atoms with E-state index in [0.29, 0.717) is 5.69 Å². The van der Waals surface area contributed by atoms with Gasteiger partial charge in [-0.3, -0.25) is 15.1 Å². The topological polar surface area (TPSA) is 90.7 Å². The number of imidazole rings is 1. The number of para-hydroxylation sites is 1. The summed E-state index contributed by atoms with van der Waals surface area (Å²) >= 11 is 8.96. The lowest BCUT2D eigenvalue weighted by Gasteiger charge is -2.15. The summed E-state index contributed by atoms with van der Waals surface area (Å²) in [6.45, 7) is 33.6. The maximum atomic E-state index is 12.7. The van der Waals surface area contributed by atoms with E-state index in [1.807, 2.05) is 156 Å². The average molecular weight is 2050 g/mol. The molecule has 2 aromatic heterocycles. The molecule has 0 aliphatic heterocycles. The second kappa shape index (κ2) is 77.5. The Balaban J connectivity index is -0.000000231. The van der Waals surface area contributed by atoms with Gasteiger partial charge < -0.3 is 14.2 Å². The van der Waals surface area contributed by atoms with Gasteiger partial charge in [0.25, 0.3) is 5.69 Å². The van der Waals surface area contributed by atoms with E-state index in [1.165, 1.54) is 143 Å². The van der Waals surface area contributed by atoms with E-state index >= 15 is 0 Å². The first-order valence-corrected chi connectivity index (χ1v) is 43.5. The zero-order chi connectivity index (χ0) is 95.9. The predicted molar refractivity (Wildman–Crippen MR) is 634 cm³/mol. The predicted octanol–water partition coefficient (Wildman–Crippen LogP) is 41.6. The molecule has 2 heterocycles. The summed E-state index contributed by atoms with van der Waals surface area (Å²) in [5, 5.41) is 20.1. The van der Waals surface area contributed by atoms with E-state index in [9.17, 15) is 32.1 Å². The Morgan fingerprint density at radius 1 is 0.375 bits per heavy atom. The maximum Gasteiger partial charge on any atom is 0.269 e. The number of benzene rings is 16. The van der Waals surface area contributed by atoms with Gasteiger partial charge >= 0.3 is 0 Å². The van der Waals surface area contributed by atoms with Gasteiger partial charge in [0, 0.05) is 71.6 Å². The molecular formula is C128H167BrClF5N6O3. The number of aryl methyl sites for hydroxylation is 13. The molecule has 18 aromatic rings. The third kappa shape index (κ3) is 52.0. The van der Waals surface area contributed by atoms with Gasteiger partial charge in [-0.15, -0.1) is 0 Å². The van der Waals surface area contributed by atoms with Crippen LogP contribution in [-0.4, -0.2) is 40.7 Å². The molecule has 18 rings (SSSR count). The number of fused-ring (bicyclic) bond motifs is 4. The van der Waals surface area contributed by atoms with Gasteiger partial charge in [0.15, 0.2) is 29.0 Å². The Bertz CT molecular complexity index is 6130. The van der Waals surface area contributed by atoms with E-state index < -0.39 is 28.2 Å². The van der Waals surface area contributed by atoms with Crippen LogP contribution < -0.4 is 9.64 Å². The fourth-order valence-electron chi connectivity index (χ4n) is 12.1. The summed E-state index contributed by atoms with van der Waals surface area (Å²) in [6.07, 6.45) is 5.59. The lowest BCUT2D eigenvalue weighted by molar-refractivity contribution is -0.384. The minimum atomic E-state index is -1.75. The van der Waals surface area contributed by atoms with Gasteiger partial charge in [-0.1, -0.05) is 448 Å². The van der Waals surface area contributed by atoms with Gasteiger partial charge in [-0.2, -0.15) is 0 Å². The van der Waals surface area contributed by atoms with Crippen molar-refractivity contribution in [2.45, 2.75) is 193 Å². The summed E-state index contributed by atoms with van der Waals surface area (Å²) in [5.74, 6) is -5.42. The average Bonchev–Trinajstić information content (AvgIpc) is 1.54. The van der Waals surface area contributed by atoms with Gasteiger partial charge in [-0.25, -0.2) is 31.8 Å². The van der Waals surface area contributed by atoms with E-state index in [4.69, 9.17) is 22.9 Å². The lowest BCUT2D eigenvalue weighted by Crippen LogP contribution is -2.08. The van der Waals surface area contributed by atoms with Crippen LogP contribution >= 0.6 is 27.5 Å². The summed E-state index contributed by atoms with van der Waals surface area (Å²) < 4.78 is 70.3. The number of nitrogens with zero attached hydrogens (tertiary/aromatic N) is 6. The number of aromatic nitrogens is 3. The zero-order valence-electron chi connectivity index (χ0n) is 77.8. The van der Waals surface area contributed by atoms with Crippen LogP contribution in [0.5, 0.6) is 5.75 Å². The van der Waals surface area contributed by atoms with Crippen molar-refractivity contribution >= 4 is 87.8 Å². The van der Waals surface area contributed by atoms with Crippen molar-refractivity contribution < 1.29 is 31.6 Å². The van der Waals surface area contributed by atoms with Crippen LogP contribution in [0.25, 0.3) is 59.2 Å². The van der Waals surface area contributed by atoms with E-state index in [1.54, 1.807) is 37.7 Å². The Labute approximate surface area is 880 Å². The maximum absolute atomic E-state index is 12.7. The summed E-state index contributed by atoms with van der Waals surface area (Å²) in [6, 6.07) is 116. The molecule has 0 fully saturated rings. The Kier molecular flexibility index (Phi) is 78.1. The van der Waals surface area contributed by atoms with Gasteiger partial charge in [0.05, 0.1) is 36.1 Å². The number of non-ortho nitro benzene ring substituents is 1. The fourth-order valence-corrected chi connectivity index (χ4v) is 12.5. The lowest BCUT2D eigenvalue weighted by atomic mass is 10.0. The number of nitro benzene ring substituents is 1. The fraction of sp³-hybridized carbons (Fsp3) is 0.242. The molecule has 0 saturated carbocycles. The van der Waals surface area contributed by atoms with Crippen LogP contribution in [0, 0.1) is 143 Å². The third-order valence-electron chi connectivity index (χ3n) is 19.8. The van der Waals surface area contributed by atoms with Crippen LogP contribution in [-0.2, 0) is 7.05 Å². The van der Waals surface area contributed by atoms with Crippen molar-refractivity contribution in [2.75, 3.05) is 26.1 Å². The number of rotatable bonds is 4. The number of halogens is 7. The molecular weight excluding hydrogens is 1880 g/mol. The Morgan fingerprint density at radius 3 is 1.17 bits per heavy atom. The third-order valence-corrected chi connectivity index (χ3v) is 20.6. The second-order valence-electron chi connectivity index (χ2n) is 31.0. The molecule has 16 aromatic carbocycles. The quantitative estimate of drug-likeness (QED) is 0.0435. The molecule has 0 atom stereocenters. The van der Waals surface area contributed by atoms with Crippen molar-refractivity contribution in [1.29, 1.82) is 0 Å².